The van der Waals surface area contributed by atoms with Crippen LogP contribution in [0.15, 0.2) is 24.3 Å². The predicted octanol–water partition coefficient (Wildman–Crippen LogP) is 3.02. The van der Waals surface area contributed by atoms with Crippen molar-refractivity contribution in [1.29, 1.82) is 0 Å². The van der Waals surface area contributed by atoms with Gasteiger partial charge in [-0.1, -0.05) is 13.3 Å². The Labute approximate surface area is 115 Å². The van der Waals surface area contributed by atoms with Gasteiger partial charge in [-0.3, -0.25) is 4.79 Å². The second-order valence-electron chi connectivity index (χ2n) is 5.17. The molecule has 4 nitrogen and oxygen atoms in total. The molecule has 0 aliphatic heterocycles. The van der Waals surface area contributed by atoms with Crippen molar-refractivity contribution in [2.24, 2.45) is 5.41 Å². The molecule has 1 aromatic rings. The number of nitrogens with zero attached hydrogens (tertiary/aromatic N) is 1. The normalized spacial score (nSPS) is 13.7. The number of carboxylic acid groups (broad SMARTS) is 1. The lowest BCUT2D eigenvalue weighted by atomic mass is 9.85. The molecule has 0 aliphatic rings. The van der Waals surface area contributed by atoms with Gasteiger partial charge in [-0.25, -0.2) is 0 Å². The van der Waals surface area contributed by atoms with Gasteiger partial charge in [0.1, 0.15) is 5.75 Å². The molecule has 1 unspecified atom stereocenters. The summed E-state index contributed by atoms with van der Waals surface area (Å²) in [6.07, 6.45) is 1.53. The van der Waals surface area contributed by atoms with Gasteiger partial charge in [-0.05, 0) is 37.6 Å². The summed E-state index contributed by atoms with van der Waals surface area (Å²) in [7, 11) is 3.54. The van der Waals surface area contributed by atoms with E-state index in [0.717, 1.165) is 17.9 Å². The van der Waals surface area contributed by atoms with E-state index in [2.05, 4.69) is 0 Å². The SMILES string of the molecule is CCCC(C)(CN(C)c1ccc(OC)cc1)C(=O)O. The summed E-state index contributed by atoms with van der Waals surface area (Å²) >= 11 is 0. The lowest BCUT2D eigenvalue weighted by molar-refractivity contribution is -0.147. The topological polar surface area (TPSA) is 49.8 Å². The molecule has 0 heterocycles. The fourth-order valence-corrected chi connectivity index (χ4v) is 2.26. The van der Waals surface area contributed by atoms with Crippen molar-refractivity contribution in [1.82, 2.24) is 0 Å². The number of ether oxygens (including phenoxy) is 1. The summed E-state index contributed by atoms with van der Waals surface area (Å²) in [5, 5.41) is 9.39. The first-order valence-electron chi connectivity index (χ1n) is 6.51. The highest BCUT2D eigenvalue weighted by Crippen LogP contribution is 2.27. The van der Waals surface area contributed by atoms with Gasteiger partial charge in [0.25, 0.3) is 0 Å². The lowest BCUT2D eigenvalue weighted by Crippen LogP contribution is -2.39. The van der Waals surface area contributed by atoms with Gasteiger partial charge in [0.15, 0.2) is 0 Å². The van der Waals surface area contributed by atoms with Crippen LogP contribution in [0.4, 0.5) is 5.69 Å². The number of carbonyl (C=O) groups is 1. The van der Waals surface area contributed by atoms with Crippen LogP contribution in [0.2, 0.25) is 0 Å². The van der Waals surface area contributed by atoms with Crippen molar-refractivity contribution in [3.63, 3.8) is 0 Å². The standard InChI is InChI=1S/C15H23NO3/c1-5-10-15(2,14(17)18)11-16(3)12-6-8-13(19-4)9-7-12/h6-9H,5,10-11H2,1-4H3,(H,17,18). The Morgan fingerprint density at radius 3 is 2.37 bits per heavy atom. The zero-order chi connectivity index (χ0) is 14.5. The molecular weight excluding hydrogens is 242 g/mol. The quantitative estimate of drug-likeness (QED) is 0.823. The van der Waals surface area contributed by atoms with Crippen molar-refractivity contribution in [2.45, 2.75) is 26.7 Å². The van der Waals surface area contributed by atoms with E-state index in [1.807, 2.05) is 43.1 Å². The van der Waals surface area contributed by atoms with Crippen LogP contribution in [0.25, 0.3) is 0 Å². The van der Waals surface area contributed by atoms with Crippen LogP contribution in [0, 0.1) is 5.41 Å². The first-order valence-corrected chi connectivity index (χ1v) is 6.51. The molecule has 0 radical (unpaired) electrons. The average molecular weight is 265 g/mol. The van der Waals surface area contributed by atoms with E-state index in [1.54, 1.807) is 14.0 Å². The van der Waals surface area contributed by atoms with Gasteiger partial charge in [0, 0.05) is 19.3 Å². The van der Waals surface area contributed by atoms with Gasteiger partial charge in [0.05, 0.1) is 12.5 Å². The number of hydrogen-bond donors (Lipinski definition) is 1. The molecule has 0 aromatic heterocycles. The van der Waals surface area contributed by atoms with Crippen LogP contribution in [0.1, 0.15) is 26.7 Å². The molecule has 0 saturated heterocycles. The molecule has 1 rings (SSSR count). The molecule has 0 saturated carbocycles. The Balaban J connectivity index is 2.81. The molecule has 106 valence electrons. The lowest BCUT2D eigenvalue weighted by Gasteiger charge is -2.31. The van der Waals surface area contributed by atoms with Gasteiger partial charge in [-0.2, -0.15) is 0 Å². The van der Waals surface area contributed by atoms with Crippen LogP contribution in [0.5, 0.6) is 5.75 Å². The van der Waals surface area contributed by atoms with E-state index in [-0.39, 0.29) is 0 Å². The Morgan fingerprint density at radius 2 is 1.95 bits per heavy atom. The van der Waals surface area contributed by atoms with Gasteiger partial charge in [0.2, 0.25) is 0 Å². The molecule has 1 N–H and O–H groups in total. The number of methoxy groups -OCH3 is 1. The van der Waals surface area contributed by atoms with Crippen molar-refractivity contribution >= 4 is 11.7 Å². The largest absolute Gasteiger partial charge is 0.497 e. The number of carboxylic acids is 1. The Morgan fingerprint density at radius 1 is 1.37 bits per heavy atom. The summed E-state index contributed by atoms with van der Waals surface area (Å²) < 4.78 is 5.11. The highest BCUT2D eigenvalue weighted by molar-refractivity contribution is 5.75. The molecule has 4 heteroatoms. The molecule has 0 amide bonds. The van der Waals surface area contributed by atoms with Crippen molar-refractivity contribution in [3.8, 4) is 5.75 Å². The molecule has 0 fully saturated rings. The Bertz CT molecular complexity index is 416. The third kappa shape index (κ3) is 3.88. The van der Waals surface area contributed by atoms with Gasteiger partial charge >= 0.3 is 5.97 Å². The summed E-state index contributed by atoms with van der Waals surface area (Å²) in [5.41, 5.74) is 0.271. The Kier molecular flexibility index (Phi) is 5.21. The maximum atomic E-state index is 11.4. The van der Waals surface area contributed by atoms with E-state index in [0.29, 0.717) is 13.0 Å². The number of aliphatic carboxylic acids is 1. The fraction of sp³-hybridized carbons (Fsp3) is 0.533. The predicted molar refractivity (Wildman–Crippen MR) is 76.9 cm³/mol. The summed E-state index contributed by atoms with van der Waals surface area (Å²) in [6.45, 7) is 4.30. The summed E-state index contributed by atoms with van der Waals surface area (Å²) in [6, 6.07) is 7.63. The van der Waals surface area contributed by atoms with E-state index in [9.17, 15) is 9.90 Å². The minimum atomic E-state index is -0.741. The zero-order valence-electron chi connectivity index (χ0n) is 12.1. The smallest absolute Gasteiger partial charge is 0.311 e. The summed E-state index contributed by atoms with van der Waals surface area (Å²) in [5.74, 6) is 0.0569. The molecule has 19 heavy (non-hydrogen) atoms. The van der Waals surface area contributed by atoms with Crippen LogP contribution in [0.3, 0.4) is 0 Å². The maximum absolute atomic E-state index is 11.4. The molecule has 1 atom stereocenters. The van der Waals surface area contributed by atoms with E-state index < -0.39 is 11.4 Å². The third-order valence-electron chi connectivity index (χ3n) is 3.42. The minimum absolute atomic E-state index is 0.489. The van der Waals surface area contributed by atoms with E-state index in [4.69, 9.17) is 4.74 Å². The minimum Gasteiger partial charge on any atom is -0.497 e. The first-order chi connectivity index (χ1) is 8.92. The van der Waals surface area contributed by atoms with Gasteiger partial charge < -0.3 is 14.7 Å². The third-order valence-corrected chi connectivity index (χ3v) is 3.42. The molecule has 1 aromatic carbocycles. The second kappa shape index (κ2) is 6.45. The van der Waals surface area contributed by atoms with Crippen molar-refractivity contribution in [2.75, 3.05) is 25.6 Å². The van der Waals surface area contributed by atoms with Crippen LogP contribution in [-0.4, -0.2) is 31.8 Å². The summed E-state index contributed by atoms with van der Waals surface area (Å²) in [4.78, 5) is 13.4. The monoisotopic (exact) mass is 265 g/mol. The van der Waals surface area contributed by atoms with Crippen LogP contribution >= 0.6 is 0 Å². The number of benzene rings is 1. The molecular formula is C15H23NO3. The molecule has 0 aliphatic carbocycles. The number of hydrogen-bond acceptors (Lipinski definition) is 3. The zero-order valence-corrected chi connectivity index (χ0v) is 12.1. The Hall–Kier alpha value is -1.71. The van der Waals surface area contributed by atoms with Gasteiger partial charge in [-0.15, -0.1) is 0 Å². The average Bonchev–Trinajstić information content (AvgIpc) is 2.38. The highest BCUT2D eigenvalue weighted by atomic mass is 16.5. The number of anilines is 1. The van der Waals surface area contributed by atoms with Crippen molar-refractivity contribution < 1.29 is 14.6 Å². The van der Waals surface area contributed by atoms with E-state index in [1.165, 1.54) is 0 Å². The highest BCUT2D eigenvalue weighted by Gasteiger charge is 2.33. The van der Waals surface area contributed by atoms with Crippen molar-refractivity contribution in [3.05, 3.63) is 24.3 Å². The van der Waals surface area contributed by atoms with Crippen LogP contribution in [-0.2, 0) is 4.79 Å². The second-order valence-corrected chi connectivity index (χ2v) is 5.17. The molecule has 0 spiro atoms. The van der Waals surface area contributed by atoms with Crippen LogP contribution < -0.4 is 9.64 Å². The fourth-order valence-electron chi connectivity index (χ4n) is 2.26. The molecule has 0 bridgehead atoms. The maximum Gasteiger partial charge on any atom is 0.311 e. The number of rotatable bonds is 7. The first kappa shape index (κ1) is 15.3. The van der Waals surface area contributed by atoms with E-state index >= 15 is 0 Å².